The van der Waals surface area contributed by atoms with Crippen LogP contribution in [0.1, 0.15) is 10.4 Å². The zero-order chi connectivity index (χ0) is 10.1. The number of rotatable bonds is 2. The van der Waals surface area contributed by atoms with Crippen LogP contribution in [0.5, 0.6) is 0 Å². The van der Waals surface area contributed by atoms with Gasteiger partial charge in [0.1, 0.15) is 5.97 Å². The predicted octanol–water partition coefficient (Wildman–Crippen LogP) is 0.100. The van der Waals surface area contributed by atoms with Crippen LogP contribution < -0.4 is 5.11 Å². The molecule has 0 bridgehead atoms. The molecule has 0 aliphatic carbocycles. The summed E-state index contributed by atoms with van der Waals surface area (Å²) in [5.74, 6) is -2.68. The van der Waals surface area contributed by atoms with E-state index in [1.807, 2.05) is 0 Å². The summed E-state index contributed by atoms with van der Waals surface area (Å²) in [5.41, 5.74) is 0.873. The van der Waals surface area contributed by atoms with Gasteiger partial charge in [0, 0.05) is 22.7 Å². The van der Waals surface area contributed by atoms with Crippen LogP contribution >= 0.6 is 0 Å². The Balaban J connectivity index is 2.64. The van der Waals surface area contributed by atoms with Gasteiger partial charge >= 0.3 is 0 Å². The first-order valence-corrected chi connectivity index (χ1v) is 4.02. The minimum atomic E-state index is -1.69. The molecular weight excluding hydrogens is 182 g/mol. The number of carbonyl (C=O) groups is 2. The highest BCUT2D eigenvalue weighted by atomic mass is 16.4. The van der Waals surface area contributed by atoms with Crippen LogP contribution in [0, 0.1) is 0 Å². The quantitative estimate of drug-likeness (QED) is 0.536. The lowest BCUT2D eigenvalue weighted by Crippen LogP contribution is -2.31. The molecule has 0 aliphatic heterocycles. The van der Waals surface area contributed by atoms with Crippen molar-refractivity contribution < 1.29 is 14.7 Å². The Hall–Kier alpha value is -2.10. The molecule has 4 heteroatoms. The summed E-state index contributed by atoms with van der Waals surface area (Å²) in [6.45, 7) is 0. The molecule has 2 rings (SSSR count). The number of para-hydroxylation sites is 1. The van der Waals surface area contributed by atoms with Crippen molar-refractivity contribution in [2.45, 2.75) is 0 Å². The summed E-state index contributed by atoms with van der Waals surface area (Å²) in [6, 6.07) is 6.98. The molecule has 1 heterocycles. The van der Waals surface area contributed by atoms with Gasteiger partial charge in [0.2, 0.25) is 5.78 Å². The number of aliphatic carboxylic acids is 1. The van der Waals surface area contributed by atoms with E-state index in [4.69, 9.17) is 0 Å². The van der Waals surface area contributed by atoms with Gasteiger partial charge in [-0.05, 0) is 6.07 Å². The number of aromatic amines is 1. The third-order valence-electron chi connectivity index (χ3n) is 2.02. The lowest BCUT2D eigenvalue weighted by molar-refractivity contribution is -0.296. The van der Waals surface area contributed by atoms with Gasteiger partial charge in [0.25, 0.3) is 0 Å². The Morgan fingerprint density at radius 2 is 1.93 bits per heavy atom. The molecule has 0 aliphatic rings. The van der Waals surface area contributed by atoms with Crippen molar-refractivity contribution >= 4 is 22.7 Å². The molecule has 0 saturated heterocycles. The van der Waals surface area contributed by atoms with Gasteiger partial charge in [-0.1, -0.05) is 18.2 Å². The summed E-state index contributed by atoms with van der Waals surface area (Å²) in [5, 5.41) is 11.0. The highest BCUT2D eigenvalue weighted by Gasteiger charge is 2.11. The first kappa shape index (κ1) is 8.50. The fourth-order valence-electron chi connectivity index (χ4n) is 1.37. The Bertz CT molecular complexity index is 513. The Morgan fingerprint density at radius 3 is 2.64 bits per heavy atom. The molecule has 4 nitrogen and oxygen atoms in total. The fraction of sp³-hybridized carbons (Fsp3) is 0. The van der Waals surface area contributed by atoms with Crippen LogP contribution in [0.15, 0.2) is 30.5 Å². The SMILES string of the molecule is O=C([O-])C(=O)c1c[nH]c2ccccc12. The maximum atomic E-state index is 11.1. The number of fused-ring (bicyclic) bond motifs is 1. The van der Waals surface area contributed by atoms with Gasteiger partial charge in [-0.3, -0.25) is 4.79 Å². The molecule has 0 saturated carbocycles. The van der Waals surface area contributed by atoms with E-state index in [1.165, 1.54) is 6.20 Å². The number of nitrogens with one attached hydrogen (secondary N) is 1. The molecule has 2 aromatic rings. The first-order valence-electron chi connectivity index (χ1n) is 4.02. The van der Waals surface area contributed by atoms with Crippen molar-refractivity contribution in [3.05, 3.63) is 36.0 Å². The summed E-state index contributed by atoms with van der Waals surface area (Å²) >= 11 is 0. The number of carbonyl (C=O) groups excluding carboxylic acids is 2. The molecule has 0 amide bonds. The van der Waals surface area contributed by atoms with Crippen molar-refractivity contribution in [2.75, 3.05) is 0 Å². The number of hydrogen-bond acceptors (Lipinski definition) is 3. The fourth-order valence-corrected chi connectivity index (χ4v) is 1.37. The van der Waals surface area contributed by atoms with Gasteiger partial charge in [0.15, 0.2) is 0 Å². The number of aromatic nitrogens is 1. The van der Waals surface area contributed by atoms with Crippen LogP contribution in [0.3, 0.4) is 0 Å². The Labute approximate surface area is 79.2 Å². The van der Waals surface area contributed by atoms with Crippen molar-refractivity contribution in [1.82, 2.24) is 4.98 Å². The number of Topliss-reactive ketones (excluding diaryl/α,β-unsaturated/α-hetero) is 1. The number of benzene rings is 1. The van der Waals surface area contributed by atoms with Crippen LogP contribution in [-0.4, -0.2) is 16.7 Å². The minimum Gasteiger partial charge on any atom is -0.541 e. The Morgan fingerprint density at radius 1 is 1.21 bits per heavy atom. The highest BCUT2D eigenvalue weighted by molar-refractivity contribution is 6.41. The molecule has 14 heavy (non-hydrogen) atoms. The predicted molar refractivity (Wildman–Crippen MR) is 47.6 cm³/mol. The van der Waals surface area contributed by atoms with Crippen LogP contribution in [0.25, 0.3) is 10.9 Å². The van der Waals surface area contributed by atoms with Gasteiger partial charge in [-0.2, -0.15) is 0 Å². The molecule has 1 aromatic heterocycles. The van der Waals surface area contributed by atoms with Gasteiger partial charge in [-0.15, -0.1) is 0 Å². The minimum absolute atomic E-state index is 0.139. The van der Waals surface area contributed by atoms with E-state index in [2.05, 4.69) is 4.98 Å². The van der Waals surface area contributed by atoms with E-state index in [-0.39, 0.29) is 5.56 Å². The Kier molecular flexibility index (Phi) is 1.81. The highest BCUT2D eigenvalue weighted by Crippen LogP contribution is 2.17. The van der Waals surface area contributed by atoms with E-state index in [1.54, 1.807) is 24.3 Å². The molecule has 0 atom stereocenters. The lowest BCUT2D eigenvalue weighted by atomic mass is 10.1. The number of carboxylic acid groups (broad SMARTS) is 1. The average Bonchev–Trinajstić information content (AvgIpc) is 2.60. The van der Waals surface area contributed by atoms with Crippen molar-refractivity contribution in [3.63, 3.8) is 0 Å². The third kappa shape index (κ3) is 1.17. The summed E-state index contributed by atoms with van der Waals surface area (Å²) in [7, 11) is 0. The summed E-state index contributed by atoms with van der Waals surface area (Å²) < 4.78 is 0. The molecule has 0 unspecified atom stereocenters. The standard InChI is InChI=1S/C10H7NO3/c12-9(10(13)14)7-5-11-8-4-2-1-3-6(7)8/h1-5,11H,(H,13,14)/p-1. The monoisotopic (exact) mass is 188 g/mol. The maximum absolute atomic E-state index is 11.1. The van der Waals surface area contributed by atoms with E-state index < -0.39 is 11.8 Å². The molecular formula is C10H6NO3-. The van der Waals surface area contributed by atoms with Crippen molar-refractivity contribution in [3.8, 4) is 0 Å². The molecule has 0 spiro atoms. The second kappa shape index (κ2) is 2.99. The van der Waals surface area contributed by atoms with E-state index in [9.17, 15) is 14.7 Å². The molecule has 0 fully saturated rings. The summed E-state index contributed by atoms with van der Waals surface area (Å²) in [4.78, 5) is 24.3. The molecule has 70 valence electrons. The zero-order valence-electron chi connectivity index (χ0n) is 7.11. The van der Waals surface area contributed by atoms with Crippen LogP contribution in [0.2, 0.25) is 0 Å². The smallest absolute Gasteiger partial charge is 0.210 e. The number of carboxylic acids is 1. The third-order valence-corrected chi connectivity index (χ3v) is 2.02. The van der Waals surface area contributed by atoms with Crippen LogP contribution in [0.4, 0.5) is 0 Å². The zero-order valence-corrected chi connectivity index (χ0v) is 7.11. The van der Waals surface area contributed by atoms with Gasteiger partial charge in [0.05, 0.1) is 0 Å². The van der Waals surface area contributed by atoms with Crippen LogP contribution in [-0.2, 0) is 4.79 Å². The topological polar surface area (TPSA) is 73.0 Å². The van der Waals surface area contributed by atoms with Gasteiger partial charge < -0.3 is 14.9 Å². The van der Waals surface area contributed by atoms with Crippen molar-refractivity contribution in [2.24, 2.45) is 0 Å². The number of ketones is 1. The normalized spacial score (nSPS) is 10.3. The van der Waals surface area contributed by atoms with Gasteiger partial charge in [-0.25, -0.2) is 0 Å². The first-order chi connectivity index (χ1) is 6.70. The van der Waals surface area contributed by atoms with E-state index >= 15 is 0 Å². The second-order valence-corrected chi connectivity index (χ2v) is 2.86. The average molecular weight is 188 g/mol. The number of hydrogen-bond donors (Lipinski definition) is 1. The maximum Gasteiger partial charge on any atom is 0.210 e. The molecule has 1 aromatic carbocycles. The largest absolute Gasteiger partial charge is 0.541 e. The lowest BCUT2D eigenvalue weighted by Gasteiger charge is -1.98. The van der Waals surface area contributed by atoms with E-state index in [0.717, 1.165) is 5.52 Å². The molecule has 1 N–H and O–H groups in total. The summed E-state index contributed by atoms with van der Waals surface area (Å²) in [6.07, 6.45) is 1.38. The molecule has 0 radical (unpaired) electrons. The van der Waals surface area contributed by atoms with Crippen molar-refractivity contribution in [1.29, 1.82) is 0 Å². The second-order valence-electron chi connectivity index (χ2n) is 2.86. The number of H-pyrrole nitrogens is 1. The van der Waals surface area contributed by atoms with E-state index in [0.29, 0.717) is 5.39 Å².